The molecule has 0 spiro atoms. The van der Waals surface area contributed by atoms with Crippen molar-refractivity contribution in [1.82, 2.24) is 14.9 Å². The van der Waals surface area contributed by atoms with Gasteiger partial charge in [-0.3, -0.25) is 4.90 Å². The van der Waals surface area contributed by atoms with Gasteiger partial charge in [-0.2, -0.15) is 0 Å². The number of nitrogens with zero attached hydrogens (tertiary/aromatic N) is 4. The maximum atomic E-state index is 10.4. The first-order chi connectivity index (χ1) is 12.9. The second-order valence-electron chi connectivity index (χ2n) is 8.05. The van der Waals surface area contributed by atoms with Crippen LogP contribution in [0.1, 0.15) is 26.3 Å². The van der Waals surface area contributed by atoms with Crippen molar-refractivity contribution in [1.29, 1.82) is 0 Å². The summed E-state index contributed by atoms with van der Waals surface area (Å²) >= 11 is 0. The number of rotatable bonds is 6. The fourth-order valence-corrected chi connectivity index (χ4v) is 3.33. The normalized spacial score (nSPS) is 17.0. The molecule has 1 unspecified atom stereocenters. The molecule has 3 rings (SSSR count). The Kier molecular flexibility index (Phi) is 6.29. The molecule has 0 amide bonds. The van der Waals surface area contributed by atoms with E-state index in [0.717, 1.165) is 43.4 Å². The molecule has 146 valence electrons. The molecule has 0 radical (unpaired) electrons. The van der Waals surface area contributed by atoms with Crippen LogP contribution in [-0.4, -0.2) is 65.4 Å². The lowest BCUT2D eigenvalue weighted by Crippen LogP contribution is -2.49. The summed E-state index contributed by atoms with van der Waals surface area (Å²) in [6.07, 6.45) is 3.02. The van der Waals surface area contributed by atoms with Crippen LogP contribution in [0.25, 0.3) is 0 Å². The minimum absolute atomic E-state index is 0.0113. The summed E-state index contributed by atoms with van der Waals surface area (Å²) in [7, 11) is 0. The highest BCUT2D eigenvalue weighted by atomic mass is 16.5. The first kappa shape index (κ1) is 19.6. The lowest BCUT2D eigenvalue weighted by atomic mass is 9.86. The monoisotopic (exact) mass is 370 g/mol. The molecule has 1 saturated heterocycles. The third-order valence-electron chi connectivity index (χ3n) is 4.80. The Bertz CT molecular complexity index is 710. The van der Waals surface area contributed by atoms with Crippen LogP contribution in [0.2, 0.25) is 0 Å². The van der Waals surface area contributed by atoms with Crippen LogP contribution in [0.3, 0.4) is 0 Å². The number of ether oxygens (including phenoxy) is 1. The van der Waals surface area contributed by atoms with Crippen molar-refractivity contribution in [2.75, 3.05) is 44.2 Å². The molecule has 0 aliphatic carbocycles. The maximum absolute atomic E-state index is 10.4. The fraction of sp³-hybridized carbons (Fsp3) is 0.524. The minimum atomic E-state index is -0.516. The SMILES string of the molecule is CC(C)(C)c1ccccc1OCC(O)CN1CCN(c2ncccn2)CC1. The number of hydrogen-bond acceptors (Lipinski definition) is 6. The minimum Gasteiger partial charge on any atom is -0.491 e. The quantitative estimate of drug-likeness (QED) is 0.842. The molecule has 0 saturated carbocycles. The van der Waals surface area contributed by atoms with Crippen LogP contribution in [0.15, 0.2) is 42.7 Å². The van der Waals surface area contributed by atoms with Crippen molar-refractivity contribution in [2.45, 2.75) is 32.3 Å². The van der Waals surface area contributed by atoms with E-state index in [1.54, 1.807) is 12.4 Å². The van der Waals surface area contributed by atoms with Crippen molar-refractivity contribution >= 4 is 5.95 Å². The van der Waals surface area contributed by atoms with Crippen LogP contribution in [0, 0.1) is 0 Å². The second kappa shape index (κ2) is 8.67. The van der Waals surface area contributed by atoms with Crippen molar-refractivity contribution in [3.05, 3.63) is 48.3 Å². The molecule has 1 aliphatic rings. The third-order valence-corrected chi connectivity index (χ3v) is 4.80. The van der Waals surface area contributed by atoms with Crippen molar-refractivity contribution < 1.29 is 9.84 Å². The molecular weight excluding hydrogens is 340 g/mol. The highest BCUT2D eigenvalue weighted by Gasteiger charge is 2.22. The average molecular weight is 370 g/mol. The predicted molar refractivity (Wildman–Crippen MR) is 107 cm³/mol. The van der Waals surface area contributed by atoms with Gasteiger partial charge in [0.1, 0.15) is 18.5 Å². The molecular formula is C21H30N4O2. The summed E-state index contributed by atoms with van der Waals surface area (Å²) in [6, 6.07) is 9.90. The second-order valence-corrected chi connectivity index (χ2v) is 8.05. The Morgan fingerprint density at radius 2 is 1.70 bits per heavy atom. The van der Waals surface area contributed by atoms with Gasteiger partial charge < -0.3 is 14.7 Å². The van der Waals surface area contributed by atoms with E-state index in [-0.39, 0.29) is 5.41 Å². The standard InChI is InChI=1S/C21H30N4O2/c1-21(2,3)18-7-4-5-8-19(18)27-16-17(26)15-24-11-13-25(14-12-24)20-22-9-6-10-23-20/h4-10,17,26H,11-16H2,1-3H3. The maximum Gasteiger partial charge on any atom is 0.225 e. The Balaban J connectivity index is 1.46. The zero-order valence-corrected chi connectivity index (χ0v) is 16.5. The smallest absolute Gasteiger partial charge is 0.225 e. The van der Waals surface area contributed by atoms with Gasteiger partial charge in [-0.05, 0) is 23.1 Å². The highest BCUT2D eigenvalue weighted by Crippen LogP contribution is 2.31. The largest absolute Gasteiger partial charge is 0.491 e. The average Bonchev–Trinajstić information content (AvgIpc) is 2.67. The molecule has 2 aromatic rings. The summed E-state index contributed by atoms with van der Waals surface area (Å²) < 4.78 is 5.95. The molecule has 1 aromatic heterocycles. The molecule has 1 fully saturated rings. The van der Waals surface area contributed by atoms with Gasteiger partial charge in [0.05, 0.1) is 0 Å². The molecule has 0 bridgehead atoms. The zero-order valence-electron chi connectivity index (χ0n) is 16.5. The van der Waals surface area contributed by atoms with Gasteiger partial charge in [0.15, 0.2) is 0 Å². The van der Waals surface area contributed by atoms with E-state index in [2.05, 4.69) is 46.6 Å². The van der Waals surface area contributed by atoms with Crippen LogP contribution >= 0.6 is 0 Å². The van der Waals surface area contributed by atoms with Crippen molar-refractivity contribution in [2.24, 2.45) is 0 Å². The molecule has 2 heterocycles. The van der Waals surface area contributed by atoms with E-state index >= 15 is 0 Å². The first-order valence-electron chi connectivity index (χ1n) is 9.58. The highest BCUT2D eigenvalue weighted by molar-refractivity contribution is 5.38. The number of para-hydroxylation sites is 1. The number of aliphatic hydroxyl groups is 1. The van der Waals surface area contributed by atoms with Crippen LogP contribution in [-0.2, 0) is 5.41 Å². The number of anilines is 1. The molecule has 1 N–H and O–H groups in total. The molecule has 6 heteroatoms. The Morgan fingerprint density at radius 3 is 2.37 bits per heavy atom. The molecule has 6 nitrogen and oxygen atoms in total. The molecule has 1 aliphatic heterocycles. The summed E-state index contributed by atoms with van der Waals surface area (Å²) in [5.41, 5.74) is 1.17. The summed E-state index contributed by atoms with van der Waals surface area (Å²) in [5.74, 6) is 1.63. The molecule has 1 aromatic carbocycles. The van der Waals surface area contributed by atoms with Gasteiger partial charge >= 0.3 is 0 Å². The van der Waals surface area contributed by atoms with Gasteiger partial charge in [0, 0.05) is 45.1 Å². The van der Waals surface area contributed by atoms with Gasteiger partial charge in [0.25, 0.3) is 0 Å². The van der Waals surface area contributed by atoms with Gasteiger partial charge in [-0.25, -0.2) is 9.97 Å². The first-order valence-corrected chi connectivity index (χ1v) is 9.58. The third kappa shape index (κ3) is 5.40. The summed E-state index contributed by atoms with van der Waals surface area (Å²) in [5, 5.41) is 10.4. The Hall–Kier alpha value is -2.18. The topological polar surface area (TPSA) is 61.7 Å². The zero-order chi connectivity index (χ0) is 19.3. The van der Waals surface area contributed by atoms with Crippen molar-refractivity contribution in [3.63, 3.8) is 0 Å². The predicted octanol–water partition coefficient (Wildman–Crippen LogP) is 2.34. The molecule has 27 heavy (non-hydrogen) atoms. The fourth-order valence-electron chi connectivity index (χ4n) is 3.33. The number of hydrogen-bond donors (Lipinski definition) is 1. The molecule has 1 atom stereocenters. The van der Waals surface area contributed by atoms with Gasteiger partial charge in [-0.1, -0.05) is 39.0 Å². The van der Waals surface area contributed by atoms with E-state index in [9.17, 15) is 5.11 Å². The van der Waals surface area contributed by atoms with Gasteiger partial charge in [-0.15, -0.1) is 0 Å². The summed E-state index contributed by atoms with van der Waals surface area (Å²) in [6.45, 7) is 10.9. The van der Waals surface area contributed by atoms with Gasteiger partial charge in [0.2, 0.25) is 5.95 Å². The lowest BCUT2D eigenvalue weighted by Gasteiger charge is -2.35. The van der Waals surface area contributed by atoms with E-state index in [4.69, 9.17) is 4.74 Å². The number of piperazine rings is 1. The lowest BCUT2D eigenvalue weighted by molar-refractivity contribution is 0.0655. The number of aromatic nitrogens is 2. The van der Waals surface area contributed by atoms with E-state index in [1.165, 1.54) is 0 Å². The number of benzene rings is 1. The van der Waals surface area contributed by atoms with Crippen LogP contribution in [0.5, 0.6) is 5.75 Å². The van der Waals surface area contributed by atoms with Crippen LogP contribution < -0.4 is 9.64 Å². The Labute approximate surface area is 161 Å². The number of β-amino-alcohol motifs (C(OH)–C–C–N with tert-alkyl or cyclic N) is 1. The number of aliphatic hydroxyl groups excluding tert-OH is 1. The Morgan fingerprint density at radius 1 is 1.04 bits per heavy atom. The summed E-state index contributed by atoms with van der Waals surface area (Å²) in [4.78, 5) is 13.1. The van der Waals surface area contributed by atoms with E-state index < -0.39 is 6.10 Å². The van der Waals surface area contributed by atoms with E-state index in [0.29, 0.717) is 13.2 Å². The van der Waals surface area contributed by atoms with E-state index in [1.807, 2.05) is 24.3 Å². The van der Waals surface area contributed by atoms with Crippen LogP contribution in [0.4, 0.5) is 5.95 Å². The van der Waals surface area contributed by atoms with Crippen molar-refractivity contribution in [3.8, 4) is 5.75 Å².